The lowest BCUT2D eigenvalue weighted by Crippen LogP contribution is -2.57. The van der Waals surface area contributed by atoms with E-state index < -0.39 is 24.3 Å². The highest BCUT2D eigenvalue weighted by Gasteiger charge is 2.50. The first-order valence-electron chi connectivity index (χ1n) is 23.9. The highest BCUT2D eigenvalue weighted by Crippen LogP contribution is 2.49. The lowest BCUT2D eigenvalue weighted by molar-refractivity contribution is -0.138. The van der Waals surface area contributed by atoms with Gasteiger partial charge in [-0.05, 0) is 127 Å². The van der Waals surface area contributed by atoms with Gasteiger partial charge >= 0.3 is 12.2 Å². The number of nitrogens with zero attached hydrogens (tertiary/aromatic N) is 4. The van der Waals surface area contributed by atoms with Crippen LogP contribution < -0.4 is 15.4 Å². The van der Waals surface area contributed by atoms with Gasteiger partial charge < -0.3 is 44.4 Å². The molecule has 1 saturated carbocycles. The lowest BCUT2D eigenvalue weighted by Gasteiger charge is -2.36. The Balaban J connectivity index is 0.878. The van der Waals surface area contributed by atoms with Crippen LogP contribution in [0.4, 0.5) is 15.3 Å². The molecule has 1 aromatic heterocycles. The van der Waals surface area contributed by atoms with Crippen LogP contribution in [-0.4, -0.2) is 107 Å². The average molecular weight is 900 g/mol. The highest BCUT2D eigenvalue weighted by atomic mass is 16.5. The summed E-state index contributed by atoms with van der Waals surface area (Å²) in [6.07, 6.45) is 9.01. The van der Waals surface area contributed by atoms with E-state index in [1.165, 1.54) is 14.2 Å². The first kappa shape index (κ1) is 43.9. The molecule has 0 spiro atoms. The number of alkyl carbamates (subject to hydrolysis) is 2. The predicted octanol–water partition coefficient (Wildman–Crippen LogP) is 8.16. The zero-order chi connectivity index (χ0) is 45.8. The number of rotatable bonds is 10. The van der Waals surface area contributed by atoms with Crippen molar-refractivity contribution in [3.8, 4) is 28.1 Å². The summed E-state index contributed by atoms with van der Waals surface area (Å²) in [6.45, 7) is 7.63. The molecule has 4 amide bonds. The molecule has 15 heteroatoms. The Labute approximate surface area is 385 Å². The van der Waals surface area contributed by atoms with Gasteiger partial charge in [-0.25, -0.2) is 14.6 Å². The second-order valence-corrected chi connectivity index (χ2v) is 19.3. The number of likely N-dealkylation sites (tertiary alicyclic amines) is 2. The maximum absolute atomic E-state index is 14.4. The molecule has 0 bridgehead atoms. The summed E-state index contributed by atoms with van der Waals surface area (Å²) >= 11 is 0. The number of nitrogens with one attached hydrogen (secondary N) is 3. The van der Waals surface area contributed by atoms with Gasteiger partial charge in [0, 0.05) is 43.0 Å². The molecule has 5 aliphatic heterocycles. The molecule has 0 radical (unpaired) electrons. The van der Waals surface area contributed by atoms with E-state index in [-0.39, 0.29) is 47.8 Å². The van der Waals surface area contributed by atoms with E-state index in [1.807, 2.05) is 29.8 Å². The van der Waals surface area contributed by atoms with E-state index in [4.69, 9.17) is 28.9 Å². The van der Waals surface area contributed by atoms with Crippen LogP contribution in [-0.2, 0) is 36.8 Å². The maximum Gasteiger partial charge on any atom is 0.407 e. The number of fused-ring (bicyclic) bond motifs is 7. The van der Waals surface area contributed by atoms with Gasteiger partial charge in [-0.1, -0.05) is 44.9 Å². The van der Waals surface area contributed by atoms with Crippen LogP contribution in [0.3, 0.4) is 0 Å². The number of imidazole rings is 1. The standard InChI is InChI=1S/C51H61N7O8/c1-6-27(2)45(55-50(61)63-4)48(59)58-41-9-7-8-32(41)22-43(58)47-52-25-40(54-47)31-11-13-34-33(20-31)26-66-44-24-35-30(21-37(34)44)12-14-38-36(35)23-39(53-38)42-15-10-28(3)57(42)49(60)46(56-51(62)64-5)29-16-18-65-19-17-29/h11-14,20-21,24-25,27-29,32,41-43,45-46H,6-10,15-19,22-23,26H2,1-5H3,(H,52,54)(H,55,61)(H,56,62)/t27-,28-,32-,41-,42-,43-,45-,46-/m0/s1. The SMILES string of the molecule is CC[C@H](C)[C@H](NC(=O)OC)C(=O)N1[C@H](c2ncc(-c3ccc4c(c3)COc3cc5c6c(ccc5cc3-4)N=C([C@@H]3CC[C@H](C)N3C(=O)[C@@H](NC(=O)OC)C3CCOCC3)C6)[nH]2)C[C@@H]2CCC[C@@H]21. The Morgan fingerprint density at radius 2 is 1.70 bits per heavy atom. The largest absolute Gasteiger partial charge is 0.488 e. The second-order valence-electron chi connectivity index (χ2n) is 19.3. The van der Waals surface area contributed by atoms with Gasteiger partial charge in [0.25, 0.3) is 0 Å². The zero-order valence-corrected chi connectivity index (χ0v) is 38.6. The quantitative estimate of drug-likeness (QED) is 0.142. The van der Waals surface area contributed by atoms with Crippen LogP contribution in [0.5, 0.6) is 5.75 Å². The van der Waals surface area contributed by atoms with E-state index >= 15 is 0 Å². The summed E-state index contributed by atoms with van der Waals surface area (Å²) in [5, 5.41) is 7.90. The minimum absolute atomic E-state index is 0.00225. The summed E-state index contributed by atoms with van der Waals surface area (Å²) < 4.78 is 22.0. The second kappa shape index (κ2) is 18.0. The molecule has 3 N–H and O–H groups in total. The zero-order valence-electron chi connectivity index (χ0n) is 38.6. The minimum atomic E-state index is -0.694. The van der Waals surface area contributed by atoms with Gasteiger partial charge in [0.1, 0.15) is 30.3 Å². The van der Waals surface area contributed by atoms with E-state index in [0.29, 0.717) is 45.0 Å². The number of amides is 4. The lowest BCUT2D eigenvalue weighted by atomic mass is 9.90. The van der Waals surface area contributed by atoms with E-state index in [1.54, 1.807) is 0 Å². The molecule has 66 heavy (non-hydrogen) atoms. The van der Waals surface area contributed by atoms with Crippen molar-refractivity contribution in [2.45, 2.75) is 128 Å². The van der Waals surface area contributed by atoms with Crippen LogP contribution in [0.1, 0.15) is 102 Å². The van der Waals surface area contributed by atoms with Crippen molar-refractivity contribution in [2.75, 3.05) is 27.4 Å². The molecule has 6 aliphatic rings. The number of hydrogen-bond donors (Lipinski definition) is 3. The average Bonchev–Trinajstić information content (AvgIpc) is 4.20. The minimum Gasteiger partial charge on any atom is -0.488 e. The molecule has 4 aromatic rings. The summed E-state index contributed by atoms with van der Waals surface area (Å²) in [7, 11) is 2.65. The molecule has 1 aliphatic carbocycles. The summed E-state index contributed by atoms with van der Waals surface area (Å²) in [4.78, 5) is 71.3. The Morgan fingerprint density at radius 1 is 0.894 bits per heavy atom. The van der Waals surface area contributed by atoms with Crippen LogP contribution >= 0.6 is 0 Å². The molecule has 3 aromatic carbocycles. The number of ether oxygens (including phenoxy) is 4. The number of aliphatic imine (C=N–C) groups is 1. The molecule has 4 fully saturated rings. The highest BCUT2D eigenvalue weighted by molar-refractivity contribution is 6.06. The van der Waals surface area contributed by atoms with Gasteiger partial charge in [-0.3, -0.25) is 14.6 Å². The monoisotopic (exact) mass is 899 g/mol. The Bertz CT molecular complexity index is 2580. The smallest absolute Gasteiger partial charge is 0.407 e. The number of benzene rings is 3. The van der Waals surface area contributed by atoms with Crippen molar-refractivity contribution >= 4 is 46.2 Å². The molecule has 10 rings (SSSR count). The fourth-order valence-corrected chi connectivity index (χ4v) is 11.9. The first-order chi connectivity index (χ1) is 32.0. The number of carbonyl (C=O) groups is 4. The Kier molecular flexibility index (Phi) is 12.0. The van der Waals surface area contributed by atoms with E-state index in [2.05, 4.69) is 65.0 Å². The molecule has 348 valence electrons. The predicted molar refractivity (Wildman–Crippen MR) is 248 cm³/mol. The number of hydrogen-bond acceptors (Lipinski definition) is 10. The van der Waals surface area contributed by atoms with Crippen molar-refractivity contribution in [2.24, 2.45) is 22.7 Å². The normalized spacial score (nSPS) is 24.6. The van der Waals surface area contributed by atoms with Crippen LogP contribution in [0.25, 0.3) is 33.2 Å². The number of aromatic nitrogens is 2. The van der Waals surface area contributed by atoms with Gasteiger partial charge in [0.2, 0.25) is 11.8 Å². The van der Waals surface area contributed by atoms with Gasteiger partial charge in [0.05, 0.1) is 43.9 Å². The third-order valence-electron chi connectivity index (χ3n) is 15.6. The summed E-state index contributed by atoms with van der Waals surface area (Å²) in [5.41, 5.74) is 8.08. The van der Waals surface area contributed by atoms with Crippen molar-refractivity contribution in [3.05, 3.63) is 65.6 Å². The first-order valence-corrected chi connectivity index (χ1v) is 23.9. The molecule has 3 saturated heterocycles. The number of methoxy groups -OCH3 is 2. The third-order valence-corrected chi connectivity index (χ3v) is 15.6. The molecular weight excluding hydrogens is 839 g/mol. The number of carbonyl (C=O) groups excluding carboxylic acids is 4. The molecule has 0 unspecified atom stereocenters. The van der Waals surface area contributed by atoms with Crippen LogP contribution in [0.15, 0.2) is 53.7 Å². The molecule has 15 nitrogen and oxygen atoms in total. The van der Waals surface area contributed by atoms with Crippen molar-refractivity contribution in [1.82, 2.24) is 30.4 Å². The number of H-pyrrole nitrogens is 1. The van der Waals surface area contributed by atoms with Crippen LogP contribution in [0.2, 0.25) is 0 Å². The van der Waals surface area contributed by atoms with Gasteiger partial charge in [-0.15, -0.1) is 0 Å². The van der Waals surface area contributed by atoms with Crippen molar-refractivity contribution in [3.63, 3.8) is 0 Å². The number of aromatic amines is 1. The fourth-order valence-electron chi connectivity index (χ4n) is 11.9. The maximum atomic E-state index is 14.4. The van der Waals surface area contributed by atoms with E-state index in [9.17, 15) is 19.2 Å². The fraction of sp³-hybridized carbons (Fsp3) is 0.529. The summed E-state index contributed by atoms with van der Waals surface area (Å²) in [6, 6.07) is 13.4. The molecule has 6 heterocycles. The van der Waals surface area contributed by atoms with Crippen molar-refractivity contribution < 1.29 is 38.1 Å². The van der Waals surface area contributed by atoms with Gasteiger partial charge in [-0.2, -0.15) is 0 Å². The van der Waals surface area contributed by atoms with E-state index in [0.717, 1.165) is 112 Å². The topological polar surface area (TPSA) is 177 Å². The van der Waals surface area contributed by atoms with Crippen LogP contribution in [0, 0.1) is 17.8 Å². The Morgan fingerprint density at radius 3 is 2.48 bits per heavy atom. The summed E-state index contributed by atoms with van der Waals surface area (Å²) in [5.74, 6) is 1.72. The molecule has 8 atom stereocenters. The molecular formula is C51H61N7O8. The van der Waals surface area contributed by atoms with Gasteiger partial charge in [0.15, 0.2) is 0 Å². The Hall–Kier alpha value is -5.96. The third kappa shape index (κ3) is 7.86. The van der Waals surface area contributed by atoms with Crippen molar-refractivity contribution in [1.29, 1.82) is 0 Å².